The van der Waals surface area contributed by atoms with E-state index >= 15 is 0 Å². The van der Waals surface area contributed by atoms with E-state index in [1.165, 1.54) is 0 Å². The van der Waals surface area contributed by atoms with Gasteiger partial charge in [0.25, 0.3) is 5.91 Å². The molecule has 0 atom stereocenters. The molecule has 0 aromatic heterocycles. The first-order chi connectivity index (χ1) is 9.08. The average Bonchev–Trinajstić information content (AvgIpc) is 2.41. The Kier molecular flexibility index (Phi) is 4.22. The van der Waals surface area contributed by atoms with E-state index in [2.05, 4.69) is 21.2 Å². The predicted octanol–water partition coefficient (Wildman–Crippen LogP) is 3.27. The molecule has 0 spiro atoms. The summed E-state index contributed by atoms with van der Waals surface area (Å²) in [6, 6.07) is 13.2. The van der Waals surface area contributed by atoms with E-state index in [1.807, 2.05) is 31.2 Å². The molecule has 0 fully saturated rings. The molecule has 2 aromatic rings. The van der Waals surface area contributed by atoms with Crippen LogP contribution in [0.3, 0.4) is 0 Å². The summed E-state index contributed by atoms with van der Waals surface area (Å²) in [5.74, 6) is -0.104. The summed E-state index contributed by atoms with van der Waals surface area (Å²) < 4.78 is 1.02. The fourth-order valence-corrected chi connectivity index (χ4v) is 2.04. The smallest absolute Gasteiger partial charge is 0.251 e. The number of carbonyl (C=O) groups excluding carboxylic acids is 1. The number of nitrogens with two attached hydrogens (primary N) is 1. The second-order valence-corrected chi connectivity index (χ2v) is 5.24. The first-order valence-electron chi connectivity index (χ1n) is 5.95. The van der Waals surface area contributed by atoms with Crippen LogP contribution in [0.25, 0.3) is 0 Å². The van der Waals surface area contributed by atoms with Gasteiger partial charge in [0.1, 0.15) is 0 Å². The van der Waals surface area contributed by atoms with E-state index in [9.17, 15) is 4.79 Å². The molecular formula is C15H15BrN2O. The molecule has 1 amide bonds. The van der Waals surface area contributed by atoms with Crippen LogP contribution in [0.4, 0.5) is 5.69 Å². The van der Waals surface area contributed by atoms with Gasteiger partial charge in [-0.3, -0.25) is 4.79 Å². The van der Waals surface area contributed by atoms with Crippen LogP contribution < -0.4 is 11.1 Å². The highest BCUT2D eigenvalue weighted by Crippen LogP contribution is 2.15. The van der Waals surface area contributed by atoms with Crippen LogP contribution in [0, 0.1) is 6.92 Å². The highest BCUT2D eigenvalue weighted by molar-refractivity contribution is 9.10. The molecule has 98 valence electrons. The zero-order valence-electron chi connectivity index (χ0n) is 10.6. The molecule has 0 aliphatic carbocycles. The molecule has 4 heteroatoms. The fraction of sp³-hybridized carbons (Fsp3) is 0.133. The highest BCUT2D eigenvalue weighted by Gasteiger charge is 2.09. The summed E-state index contributed by atoms with van der Waals surface area (Å²) in [6.45, 7) is 2.35. The Morgan fingerprint density at radius 3 is 2.58 bits per heavy atom. The van der Waals surface area contributed by atoms with Gasteiger partial charge in [-0.05, 0) is 42.3 Å². The number of rotatable bonds is 3. The minimum atomic E-state index is -0.104. The Bertz CT molecular complexity index is 594. The molecule has 0 bridgehead atoms. The van der Waals surface area contributed by atoms with Crippen molar-refractivity contribution >= 4 is 27.5 Å². The Hall–Kier alpha value is -1.81. The Morgan fingerprint density at radius 1 is 1.21 bits per heavy atom. The molecule has 0 heterocycles. The van der Waals surface area contributed by atoms with E-state index in [4.69, 9.17) is 5.73 Å². The fourth-order valence-electron chi connectivity index (χ4n) is 1.78. The van der Waals surface area contributed by atoms with Crippen molar-refractivity contribution in [3.05, 3.63) is 63.6 Å². The van der Waals surface area contributed by atoms with E-state index < -0.39 is 0 Å². The average molecular weight is 319 g/mol. The summed E-state index contributed by atoms with van der Waals surface area (Å²) in [5, 5.41) is 2.89. The van der Waals surface area contributed by atoms with Gasteiger partial charge >= 0.3 is 0 Å². The van der Waals surface area contributed by atoms with E-state index in [-0.39, 0.29) is 5.91 Å². The summed E-state index contributed by atoms with van der Waals surface area (Å²) in [5.41, 5.74) is 8.92. The third-order valence-corrected chi connectivity index (χ3v) is 3.52. The lowest BCUT2D eigenvalue weighted by molar-refractivity contribution is 0.0950. The quantitative estimate of drug-likeness (QED) is 0.853. The van der Waals surface area contributed by atoms with Gasteiger partial charge in [0, 0.05) is 22.3 Å². The SMILES string of the molecule is Cc1c(N)cccc1C(=O)NCc1ccc(Br)cc1. The van der Waals surface area contributed by atoms with Crippen LogP contribution in [0.2, 0.25) is 0 Å². The summed E-state index contributed by atoms with van der Waals surface area (Å²) >= 11 is 3.38. The zero-order chi connectivity index (χ0) is 13.8. The zero-order valence-corrected chi connectivity index (χ0v) is 12.2. The normalized spacial score (nSPS) is 10.2. The van der Waals surface area contributed by atoms with Crippen molar-refractivity contribution in [2.45, 2.75) is 13.5 Å². The maximum absolute atomic E-state index is 12.1. The molecule has 3 N–H and O–H groups in total. The number of nitrogens with one attached hydrogen (secondary N) is 1. The number of benzene rings is 2. The van der Waals surface area contributed by atoms with Crippen LogP contribution >= 0.6 is 15.9 Å². The third kappa shape index (κ3) is 3.35. The standard InChI is InChI=1S/C15H15BrN2O/c1-10-13(3-2-4-14(10)17)15(19)18-9-11-5-7-12(16)8-6-11/h2-8H,9,17H2,1H3,(H,18,19). The Labute approximate surface area is 121 Å². The third-order valence-electron chi connectivity index (χ3n) is 2.99. The van der Waals surface area contributed by atoms with E-state index in [0.29, 0.717) is 17.8 Å². The molecule has 3 nitrogen and oxygen atoms in total. The molecule has 19 heavy (non-hydrogen) atoms. The van der Waals surface area contributed by atoms with Gasteiger partial charge < -0.3 is 11.1 Å². The lowest BCUT2D eigenvalue weighted by Crippen LogP contribution is -2.23. The molecule has 0 aliphatic rings. The number of anilines is 1. The first-order valence-corrected chi connectivity index (χ1v) is 6.75. The van der Waals surface area contributed by atoms with Gasteiger partial charge in [-0.2, -0.15) is 0 Å². The number of hydrogen-bond donors (Lipinski definition) is 2. The number of halogens is 1. The first kappa shape index (κ1) is 13.6. The second kappa shape index (κ2) is 5.89. The van der Waals surface area contributed by atoms with Gasteiger partial charge in [0.05, 0.1) is 0 Å². The topological polar surface area (TPSA) is 55.1 Å². The summed E-state index contributed by atoms with van der Waals surface area (Å²) in [7, 11) is 0. The molecule has 0 aliphatic heterocycles. The van der Waals surface area contributed by atoms with Crippen LogP contribution in [-0.2, 0) is 6.54 Å². The van der Waals surface area contributed by atoms with Crippen molar-refractivity contribution in [2.24, 2.45) is 0 Å². The van der Waals surface area contributed by atoms with Crippen LogP contribution in [0.1, 0.15) is 21.5 Å². The highest BCUT2D eigenvalue weighted by atomic mass is 79.9. The molecule has 2 rings (SSSR count). The van der Waals surface area contributed by atoms with Gasteiger partial charge in [-0.15, -0.1) is 0 Å². The van der Waals surface area contributed by atoms with E-state index in [0.717, 1.165) is 15.6 Å². The van der Waals surface area contributed by atoms with Crippen molar-refractivity contribution in [2.75, 3.05) is 5.73 Å². The molecule has 0 radical (unpaired) electrons. The Morgan fingerprint density at radius 2 is 1.89 bits per heavy atom. The largest absolute Gasteiger partial charge is 0.398 e. The van der Waals surface area contributed by atoms with E-state index in [1.54, 1.807) is 18.2 Å². The van der Waals surface area contributed by atoms with Crippen LogP contribution in [0.5, 0.6) is 0 Å². The maximum atomic E-state index is 12.1. The van der Waals surface area contributed by atoms with Crippen molar-refractivity contribution in [1.82, 2.24) is 5.32 Å². The van der Waals surface area contributed by atoms with Crippen LogP contribution in [-0.4, -0.2) is 5.91 Å². The number of nitrogen functional groups attached to an aromatic ring is 1. The van der Waals surface area contributed by atoms with Crippen molar-refractivity contribution < 1.29 is 4.79 Å². The van der Waals surface area contributed by atoms with Crippen LogP contribution in [0.15, 0.2) is 46.9 Å². The molecule has 2 aromatic carbocycles. The van der Waals surface area contributed by atoms with Crippen molar-refractivity contribution in [3.63, 3.8) is 0 Å². The maximum Gasteiger partial charge on any atom is 0.251 e. The molecule has 0 saturated heterocycles. The number of hydrogen-bond acceptors (Lipinski definition) is 2. The number of carbonyl (C=O) groups is 1. The minimum Gasteiger partial charge on any atom is -0.398 e. The predicted molar refractivity (Wildman–Crippen MR) is 80.9 cm³/mol. The van der Waals surface area contributed by atoms with Gasteiger partial charge in [0.2, 0.25) is 0 Å². The summed E-state index contributed by atoms with van der Waals surface area (Å²) in [4.78, 5) is 12.1. The lowest BCUT2D eigenvalue weighted by atomic mass is 10.1. The van der Waals surface area contributed by atoms with Gasteiger partial charge in [0.15, 0.2) is 0 Å². The second-order valence-electron chi connectivity index (χ2n) is 4.33. The Balaban J connectivity index is 2.05. The lowest BCUT2D eigenvalue weighted by Gasteiger charge is -2.09. The molecule has 0 saturated carbocycles. The van der Waals surface area contributed by atoms with Gasteiger partial charge in [-0.1, -0.05) is 34.1 Å². The monoisotopic (exact) mass is 318 g/mol. The van der Waals surface area contributed by atoms with Crippen molar-refractivity contribution in [1.29, 1.82) is 0 Å². The van der Waals surface area contributed by atoms with Crippen molar-refractivity contribution in [3.8, 4) is 0 Å². The van der Waals surface area contributed by atoms with Gasteiger partial charge in [-0.25, -0.2) is 0 Å². The minimum absolute atomic E-state index is 0.104. The molecule has 0 unspecified atom stereocenters. The summed E-state index contributed by atoms with van der Waals surface area (Å²) in [6.07, 6.45) is 0. The number of amides is 1. The molecular weight excluding hydrogens is 304 g/mol.